The Morgan fingerprint density at radius 3 is 2.62 bits per heavy atom. The Hall–Kier alpha value is -4.03. The molecule has 6 nitrogen and oxygen atoms in total. The molecule has 0 radical (unpaired) electrons. The summed E-state index contributed by atoms with van der Waals surface area (Å²) in [6, 6.07) is 24.7. The van der Waals surface area contributed by atoms with Gasteiger partial charge in [0.05, 0.1) is 6.04 Å². The number of carbonyl (C=O) groups is 2. The van der Waals surface area contributed by atoms with E-state index in [4.69, 9.17) is 20.8 Å². The molecule has 1 atom stereocenters. The van der Waals surface area contributed by atoms with Crippen molar-refractivity contribution in [1.82, 2.24) is 4.90 Å². The highest BCUT2D eigenvalue weighted by molar-refractivity contribution is 6.30. The second-order valence-electron chi connectivity index (χ2n) is 10.2. The van der Waals surface area contributed by atoms with Crippen LogP contribution in [0.3, 0.4) is 0 Å². The number of rotatable bonds is 7. The molecule has 1 unspecified atom stereocenters. The predicted molar refractivity (Wildman–Crippen MR) is 150 cm³/mol. The molecule has 39 heavy (non-hydrogen) atoms. The number of furan rings is 1. The summed E-state index contributed by atoms with van der Waals surface area (Å²) >= 11 is 6.00. The zero-order valence-electron chi connectivity index (χ0n) is 21.7. The summed E-state index contributed by atoms with van der Waals surface area (Å²) in [6.45, 7) is 2.95. The van der Waals surface area contributed by atoms with Gasteiger partial charge in [0, 0.05) is 23.2 Å². The fraction of sp³-hybridized carbons (Fsp3) is 0.250. The minimum absolute atomic E-state index is 0.142. The molecule has 1 N–H and O–H groups in total. The van der Waals surface area contributed by atoms with Crippen LogP contribution in [-0.4, -0.2) is 23.3 Å². The minimum Gasteiger partial charge on any atom is -0.486 e. The lowest BCUT2D eigenvalue weighted by molar-refractivity contribution is -0.134. The summed E-state index contributed by atoms with van der Waals surface area (Å²) in [7, 11) is 0. The number of hydrogen-bond acceptors (Lipinski definition) is 4. The molecule has 1 fully saturated rings. The third-order valence-corrected chi connectivity index (χ3v) is 7.53. The predicted octanol–water partition coefficient (Wildman–Crippen LogP) is 6.96. The lowest BCUT2D eigenvalue weighted by Crippen LogP contribution is -2.41. The number of carbonyl (C=O) groups excluding carboxylic acids is 2. The van der Waals surface area contributed by atoms with Gasteiger partial charge in [0.1, 0.15) is 18.1 Å². The van der Waals surface area contributed by atoms with E-state index in [1.807, 2.05) is 17.0 Å². The van der Waals surface area contributed by atoms with Crippen LogP contribution >= 0.6 is 11.6 Å². The average Bonchev–Trinajstić information content (AvgIpc) is 3.68. The van der Waals surface area contributed by atoms with Crippen molar-refractivity contribution in [2.75, 3.05) is 11.9 Å². The Bertz CT molecular complexity index is 1520. The second-order valence-corrected chi connectivity index (χ2v) is 10.7. The quantitative estimate of drug-likeness (QED) is 0.275. The molecule has 198 valence electrons. The van der Waals surface area contributed by atoms with Gasteiger partial charge in [-0.15, -0.1) is 0 Å². The molecule has 4 aromatic rings. The minimum atomic E-state index is -0.362. The van der Waals surface area contributed by atoms with Crippen molar-refractivity contribution in [1.29, 1.82) is 0 Å². The van der Waals surface area contributed by atoms with E-state index in [1.165, 1.54) is 11.1 Å². The molecule has 0 bridgehead atoms. The number of amides is 2. The molecule has 7 heteroatoms. The van der Waals surface area contributed by atoms with Gasteiger partial charge in [-0.25, -0.2) is 0 Å². The number of hydrogen-bond donors (Lipinski definition) is 1. The summed E-state index contributed by atoms with van der Waals surface area (Å²) in [5.41, 5.74) is 5.21. The largest absolute Gasteiger partial charge is 0.486 e. The Morgan fingerprint density at radius 2 is 1.85 bits per heavy atom. The lowest BCUT2D eigenvalue weighted by atomic mass is 9.87. The second kappa shape index (κ2) is 10.6. The van der Waals surface area contributed by atoms with Gasteiger partial charge in [-0.1, -0.05) is 53.6 Å². The Labute approximate surface area is 232 Å². The van der Waals surface area contributed by atoms with Crippen LogP contribution in [0.4, 0.5) is 5.69 Å². The maximum absolute atomic E-state index is 13.2. The SMILES string of the molecule is Cc1ccc(C2c3cc(OCc4ccc(C(=O)Nc5cccc(Cl)c5)o4)ccc3CCN2C(=O)C2CC2)cc1. The maximum Gasteiger partial charge on any atom is 0.291 e. The van der Waals surface area contributed by atoms with Crippen molar-refractivity contribution in [3.63, 3.8) is 0 Å². The van der Waals surface area contributed by atoms with Crippen LogP contribution in [0.1, 0.15) is 57.5 Å². The summed E-state index contributed by atoms with van der Waals surface area (Å²) in [5.74, 6) is 1.45. The van der Waals surface area contributed by atoms with E-state index in [0.29, 0.717) is 28.8 Å². The van der Waals surface area contributed by atoms with Crippen LogP contribution in [0, 0.1) is 12.8 Å². The summed E-state index contributed by atoms with van der Waals surface area (Å²) in [4.78, 5) is 27.9. The van der Waals surface area contributed by atoms with Gasteiger partial charge >= 0.3 is 0 Å². The Morgan fingerprint density at radius 1 is 1.03 bits per heavy atom. The standard InChI is InChI=1S/C32H29ClN2O4/c1-20-5-7-22(8-6-20)30-28-18-26(12-11-21(28)15-16-35(30)32(37)23-9-10-23)38-19-27-13-14-29(39-27)31(36)34-25-4-2-3-24(33)17-25/h2-8,11-14,17-18,23,30H,9-10,15-16,19H2,1H3,(H,34,36). The number of halogens is 1. The summed E-state index contributed by atoms with van der Waals surface area (Å²) in [5, 5.41) is 3.32. The van der Waals surface area contributed by atoms with Gasteiger partial charge in [0.15, 0.2) is 5.76 Å². The van der Waals surface area contributed by atoms with Crippen LogP contribution in [0.5, 0.6) is 5.75 Å². The molecule has 3 aromatic carbocycles. The zero-order chi connectivity index (χ0) is 26.9. The fourth-order valence-corrected chi connectivity index (χ4v) is 5.27. The van der Waals surface area contributed by atoms with E-state index >= 15 is 0 Å². The number of fused-ring (bicyclic) bond motifs is 1. The van der Waals surface area contributed by atoms with Crippen molar-refractivity contribution < 1.29 is 18.7 Å². The van der Waals surface area contributed by atoms with Crippen LogP contribution in [0.15, 0.2) is 83.3 Å². The van der Waals surface area contributed by atoms with Gasteiger partial charge in [0.2, 0.25) is 5.91 Å². The van der Waals surface area contributed by atoms with E-state index in [9.17, 15) is 9.59 Å². The molecule has 1 aliphatic heterocycles. The number of benzene rings is 3. The van der Waals surface area contributed by atoms with Gasteiger partial charge in [-0.05, 0) is 85.3 Å². The molecule has 1 aromatic heterocycles. The highest BCUT2D eigenvalue weighted by Gasteiger charge is 2.39. The van der Waals surface area contributed by atoms with E-state index in [2.05, 4.69) is 42.6 Å². The van der Waals surface area contributed by atoms with Crippen molar-refractivity contribution in [3.8, 4) is 5.75 Å². The first-order valence-corrected chi connectivity index (χ1v) is 13.6. The van der Waals surface area contributed by atoms with Gasteiger partial charge < -0.3 is 19.4 Å². The molecular formula is C32H29ClN2O4. The highest BCUT2D eigenvalue weighted by Crippen LogP contribution is 2.41. The zero-order valence-corrected chi connectivity index (χ0v) is 22.4. The highest BCUT2D eigenvalue weighted by atomic mass is 35.5. The lowest BCUT2D eigenvalue weighted by Gasteiger charge is -2.38. The first-order valence-electron chi connectivity index (χ1n) is 13.2. The Kier molecular flexibility index (Phi) is 6.88. The van der Waals surface area contributed by atoms with E-state index < -0.39 is 0 Å². The van der Waals surface area contributed by atoms with Crippen LogP contribution in [0.2, 0.25) is 5.02 Å². The third-order valence-electron chi connectivity index (χ3n) is 7.30. The molecule has 0 spiro atoms. The number of nitrogens with one attached hydrogen (secondary N) is 1. The molecule has 2 heterocycles. The van der Waals surface area contributed by atoms with Gasteiger partial charge in [0.25, 0.3) is 5.91 Å². The van der Waals surface area contributed by atoms with Crippen LogP contribution < -0.4 is 10.1 Å². The smallest absolute Gasteiger partial charge is 0.291 e. The molecule has 2 amide bonds. The first kappa shape index (κ1) is 25.3. The summed E-state index contributed by atoms with van der Waals surface area (Å²) in [6.07, 6.45) is 2.78. The molecule has 1 aliphatic carbocycles. The molecule has 0 saturated heterocycles. The normalized spacial score (nSPS) is 16.5. The van der Waals surface area contributed by atoms with Gasteiger partial charge in [-0.2, -0.15) is 0 Å². The third kappa shape index (κ3) is 5.57. The monoisotopic (exact) mass is 540 g/mol. The molecule has 6 rings (SSSR count). The maximum atomic E-state index is 13.2. The average molecular weight is 541 g/mol. The molecule has 1 saturated carbocycles. The fourth-order valence-electron chi connectivity index (χ4n) is 5.08. The van der Waals surface area contributed by atoms with Crippen LogP contribution in [0.25, 0.3) is 0 Å². The number of aryl methyl sites for hydroxylation is 1. The Balaban J connectivity index is 1.19. The van der Waals surface area contributed by atoms with Gasteiger partial charge in [-0.3, -0.25) is 9.59 Å². The van der Waals surface area contributed by atoms with Crippen LogP contribution in [-0.2, 0) is 17.8 Å². The molecular weight excluding hydrogens is 512 g/mol. The number of anilines is 1. The summed E-state index contributed by atoms with van der Waals surface area (Å²) < 4.78 is 11.8. The van der Waals surface area contributed by atoms with E-state index in [1.54, 1.807) is 36.4 Å². The van der Waals surface area contributed by atoms with Crippen molar-refractivity contribution in [3.05, 3.63) is 118 Å². The molecule has 2 aliphatic rings. The van der Waals surface area contributed by atoms with E-state index in [0.717, 1.165) is 30.4 Å². The topological polar surface area (TPSA) is 71.8 Å². The van der Waals surface area contributed by atoms with Crippen molar-refractivity contribution >= 4 is 29.1 Å². The number of ether oxygens (including phenoxy) is 1. The number of nitrogens with zero attached hydrogens (tertiary/aromatic N) is 1. The van der Waals surface area contributed by atoms with Crippen molar-refractivity contribution in [2.24, 2.45) is 5.92 Å². The first-order chi connectivity index (χ1) is 18.9. The van der Waals surface area contributed by atoms with Crippen molar-refractivity contribution in [2.45, 2.75) is 38.8 Å². The van der Waals surface area contributed by atoms with E-state index in [-0.39, 0.29) is 36.1 Å².